The molecule has 3 saturated carbocycles. The van der Waals surface area contributed by atoms with Crippen molar-refractivity contribution in [1.29, 1.82) is 0 Å². The smallest absolute Gasteiger partial charge is 0.0267 e. The highest BCUT2D eigenvalue weighted by molar-refractivity contribution is 5.09. The highest BCUT2D eigenvalue weighted by Gasteiger charge is 2.59. The summed E-state index contributed by atoms with van der Waals surface area (Å²) in [6.45, 7) is 12.4. The van der Waals surface area contributed by atoms with Crippen molar-refractivity contribution >= 4 is 0 Å². The lowest BCUT2D eigenvalue weighted by molar-refractivity contribution is -0.169. The van der Waals surface area contributed by atoms with Gasteiger partial charge in [0, 0.05) is 0 Å². The molecule has 3 aliphatic carbocycles. The van der Waals surface area contributed by atoms with E-state index in [2.05, 4.69) is 34.6 Å². The number of rotatable bonds is 2. The van der Waals surface area contributed by atoms with E-state index >= 15 is 0 Å². The zero-order valence-corrected chi connectivity index (χ0v) is 10.6. The van der Waals surface area contributed by atoms with Crippen LogP contribution in [0.3, 0.4) is 0 Å². The molecule has 3 rings (SSSR count). The molecule has 0 aromatic carbocycles. The first kappa shape index (κ1) is 10.5. The van der Waals surface area contributed by atoms with E-state index in [1.807, 2.05) is 0 Å². The standard InChI is InChI=1S/C14H26/c1-6-10(2)14(5)8-7-11-9-12(14)13(11,3)4/h10-12H,6-9H2,1-5H3. The molecular weight excluding hydrogens is 168 g/mol. The highest BCUT2D eigenvalue weighted by Crippen LogP contribution is 2.68. The highest BCUT2D eigenvalue weighted by atomic mass is 14.6. The molecule has 4 unspecified atom stereocenters. The molecule has 0 radical (unpaired) electrons. The summed E-state index contributed by atoms with van der Waals surface area (Å²) in [5.74, 6) is 2.96. The monoisotopic (exact) mass is 194 g/mol. The molecule has 82 valence electrons. The zero-order chi connectivity index (χ0) is 10.6. The minimum Gasteiger partial charge on any atom is -0.0651 e. The van der Waals surface area contributed by atoms with Crippen molar-refractivity contribution < 1.29 is 0 Å². The van der Waals surface area contributed by atoms with Crippen molar-refractivity contribution in [3.63, 3.8) is 0 Å². The largest absolute Gasteiger partial charge is 0.0651 e. The average Bonchev–Trinajstić information content (AvgIpc) is 2.16. The van der Waals surface area contributed by atoms with Gasteiger partial charge in [0.05, 0.1) is 0 Å². The van der Waals surface area contributed by atoms with Crippen LogP contribution in [0.2, 0.25) is 0 Å². The van der Waals surface area contributed by atoms with Gasteiger partial charge >= 0.3 is 0 Å². The predicted molar refractivity (Wildman–Crippen MR) is 62.2 cm³/mol. The molecule has 3 aliphatic rings. The summed E-state index contributed by atoms with van der Waals surface area (Å²) >= 11 is 0. The van der Waals surface area contributed by atoms with Gasteiger partial charge in [-0.25, -0.2) is 0 Å². The lowest BCUT2D eigenvalue weighted by Crippen LogP contribution is -2.58. The minimum absolute atomic E-state index is 0.646. The predicted octanol–water partition coefficient (Wildman–Crippen LogP) is 4.49. The average molecular weight is 194 g/mol. The lowest BCUT2D eigenvalue weighted by Gasteiger charge is -2.66. The van der Waals surface area contributed by atoms with Crippen molar-refractivity contribution in [1.82, 2.24) is 0 Å². The van der Waals surface area contributed by atoms with Crippen LogP contribution < -0.4 is 0 Å². The molecule has 2 bridgehead atoms. The van der Waals surface area contributed by atoms with Crippen molar-refractivity contribution in [2.75, 3.05) is 0 Å². The zero-order valence-electron chi connectivity index (χ0n) is 10.6. The molecule has 0 nitrogen and oxygen atoms in total. The molecule has 0 spiro atoms. The van der Waals surface area contributed by atoms with Crippen molar-refractivity contribution in [2.24, 2.45) is 28.6 Å². The van der Waals surface area contributed by atoms with Crippen molar-refractivity contribution in [3.05, 3.63) is 0 Å². The van der Waals surface area contributed by atoms with Gasteiger partial charge in [0.25, 0.3) is 0 Å². The van der Waals surface area contributed by atoms with Gasteiger partial charge < -0.3 is 0 Å². The van der Waals surface area contributed by atoms with Gasteiger partial charge in [-0.15, -0.1) is 0 Å². The number of hydrogen-bond donors (Lipinski definition) is 0. The third-order valence-electron chi connectivity index (χ3n) is 6.04. The van der Waals surface area contributed by atoms with Crippen LogP contribution in [0.25, 0.3) is 0 Å². The van der Waals surface area contributed by atoms with Crippen LogP contribution in [0, 0.1) is 28.6 Å². The first-order chi connectivity index (χ1) is 6.43. The Morgan fingerprint density at radius 1 is 1.29 bits per heavy atom. The molecule has 14 heavy (non-hydrogen) atoms. The van der Waals surface area contributed by atoms with E-state index in [9.17, 15) is 0 Å². The maximum Gasteiger partial charge on any atom is -0.0267 e. The van der Waals surface area contributed by atoms with E-state index in [0.29, 0.717) is 10.8 Å². The maximum absolute atomic E-state index is 2.56. The van der Waals surface area contributed by atoms with E-state index in [1.165, 1.54) is 25.7 Å². The Morgan fingerprint density at radius 2 is 1.93 bits per heavy atom. The molecule has 0 saturated heterocycles. The fourth-order valence-electron chi connectivity index (χ4n) is 4.34. The molecule has 0 heteroatoms. The van der Waals surface area contributed by atoms with Gasteiger partial charge in [-0.1, -0.05) is 41.0 Å². The molecular formula is C14H26. The van der Waals surface area contributed by atoms with E-state index in [0.717, 1.165) is 17.8 Å². The van der Waals surface area contributed by atoms with Crippen LogP contribution in [0.15, 0.2) is 0 Å². The second-order valence-corrected chi connectivity index (χ2v) is 6.66. The van der Waals surface area contributed by atoms with E-state index in [1.54, 1.807) is 0 Å². The molecule has 0 heterocycles. The summed E-state index contributed by atoms with van der Waals surface area (Å²) in [4.78, 5) is 0. The molecule has 0 amide bonds. The Labute approximate surface area is 89.5 Å². The Kier molecular flexibility index (Phi) is 2.25. The topological polar surface area (TPSA) is 0 Å². The number of fused-ring (bicyclic) bond motifs is 2. The maximum atomic E-state index is 2.56. The Balaban J connectivity index is 2.21. The number of hydrogen-bond acceptors (Lipinski definition) is 0. The fourth-order valence-corrected chi connectivity index (χ4v) is 4.34. The summed E-state index contributed by atoms with van der Waals surface area (Å²) in [5, 5.41) is 0. The lowest BCUT2D eigenvalue weighted by atomic mass is 9.39. The Bertz CT molecular complexity index is 226. The van der Waals surface area contributed by atoms with Gasteiger partial charge in [-0.3, -0.25) is 0 Å². The third kappa shape index (κ3) is 1.12. The van der Waals surface area contributed by atoms with Crippen LogP contribution in [0.5, 0.6) is 0 Å². The summed E-state index contributed by atoms with van der Waals surface area (Å²) in [7, 11) is 0. The van der Waals surface area contributed by atoms with Gasteiger partial charge in [-0.05, 0) is 47.8 Å². The molecule has 3 fully saturated rings. The summed E-state index contributed by atoms with van der Waals surface area (Å²) in [6.07, 6.45) is 5.85. The van der Waals surface area contributed by atoms with E-state index in [-0.39, 0.29) is 0 Å². The second-order valence-electron chi connectivity index (χ2n) is 6.66. The molecule has 0 N–H and O–H groups in total. The van der Waals surface area contributed by atoms with Crippen molar-refractivity contribution in [2.45, 2.75) is 60.3 Å². The SMILES string of the molecule is CCC(C)C1(C)CCC2CC1C2(C)C. The van der Waals surface area contributed by atoms with Gasteiger partial charge in [0.1, 0.15) is 0 Å². The van der Waals surface area contributed by atoms with Crippen LogP contribution in [0.1, 0.15) is 60.3 Å². The first-order valence-corrected chi connectivity index (χ1v) is 6.43. The fraction of sp³-hybridized carbons (Fsp3) is 1.00. The Morgan fingerprint density at radius 3 is 2.36 bits per heavy atom. The summed E-state index contributed by atoms with van der Waals surface area (Å²) in [5.41, 5.74) is 1.30. The van der Waals surface area contributed by atoms with Crippen LogP contribution >= 0.6 is 0 Å². The third-order valence-corrected chi connectivity index (χ3v) is 6.04. The summed E-state index contributed by atoms with van der Waals surface area (Å²) in [6, 6.07) is 0. The minimum atomic E-state index is 0.646. The van der Waals surface area contributed by atoms with Gasteiger partial charge in [0.2, 0.25) is 0 Å². The van der Waals surface area contributed by atoms with Gasteiger partial charge in [-0.2, -0.15) is 0 Å². The van der Waals surface area contributed by atoms with Crippen LogP contribution in [-0.4, -0.2) is 0 Å². The van der Waals surface area contributed by atoms with Gasteiger partial charge in [0.15, 0.2) is 0 Å². The van der Waals surface area contributed by atoms with Crippen molar-refractivity contribution in [3.8, 4) is 0 Å². The van der Waals surface area contributed by atoms with Crippen LogP contribution in [0.4, 0.5) is 0 Å². The second kappa shape index (κ2) is 3.00. The normalized spacial score (nSPS) is 46.9. The molecule has 0 aromatic heterocycles. The molecule has 0 aromatic rings. The molecule has 0 aliphatic heterocycles. The first-order valence-electron chi connectivity index (χ1n) is 6.43. The summed E-state index contributed by atoms with van der Waals surface area (Å²) < 4.78 is 0. The van der Waals surface area contributed by atoms with E-state index < -0.39 is 0 Å². The van der Waals surface area contributed by atoms with Crippen LogP contribution in [-0.2, 0) is 0 Å². The Hall–Kier alpha value is 0. The van der Waals surface area contributed by atoms with E-state index in [4.69, 9.17) is 0 Å². The quantitative estimate of drug-likeness (QED) is 0.607. The molecule has 4 atom stereocenters.